The van der Waals surface area contributed by atoms with Crippen molar-refractivity contribution in [3.63, 3.8) is 0 Å². The molecule has 0 spiro atoms. The third-order valence-electron chi connectivity index (χ3n) is 7.39. The minimum absolute atomic E-state index is 0.363. The summed E-state index contributed by atoms with van der Waals surface area (Å²) in [6, 6.07) is 8.76. The summed E-state index contributed by atoms with van der Waals surface area (Å²) in [7, 11) is 0. The van der Waals surface area contributed by atoms with E-state index in [1.807, 2.05) is 42.8 Å². The molecule has 33 heavy (non-hydrogen) atoms. The Bertz CT molecular complexity index is 1420. The van der Waals surface area contributed by atoms with Gasteiger partial charge in [0.15, 0.2) is 5.65 Å². The highest BCUT2D eigenvalue weighted by atomic mass is 16.4. The molecule has 7 heteroatoms. The lowest BCUT2D eigenvalue weighted by molar-refractivity contribution is 0.132. The number of anilines is 1. The molecule has 0 bridgehead atoms. The molecule has 2 aliphatic heterocycles. The number of nitrogens with zero attached hydrogens (tertiary/aromatic N) is 5. The van der Waals surface area contributed by atoms with Crippen molar-refractivity contribution in [2.45, 2.75) is 39.7 Å². The van der Waals surface area contributed by atoms with E-state index in [1.54, 1.807) is 0 Å². The molecular formula is C26H29N5O2. The highest BCUT2D eigenvalue weighted by Crippen LogP contribution is 2.34. The molecule has 3 aromatic heterocycles. The molecule has 7 nitrogen and oxygen atoms in total. The van der Waals surface area contributed by atoms with Crippen molar-refractivity contribution in [1.29, 1.82) is 0 Å². The van der Waals surface area contributed by atoms with Crippen LogP contribution in [0.5, 0.6) is 0 Å². The molecule has 2 saturated heterocycles. The van der Waals surface area contributed by atoms with Gasteiger partial charge in [-0.25, -0.2) is 9.78 Å². The summed E-state index contributed by atoms with van der Waals surface area (Å²) in [4.78, 5) is 27.1. The summed E-state index contributed by atoms with van der Waals surface area (Å²) in [6.45, 7) is 10.6. The SMILES string of the molecule is CCN1CCC[C@@H]2CN(c3ccc4cc(-c5cn6cc(C)nc(C)c6n5)c(=O)oc4c3)CC21. The predicted octanol–water partition coefficient (Wildman–Crippen LogP) is 4.04. The quantitative estimate of drug-likeness (QED) is 0.445. The summed E-state index contributed by atoms with van der Waals surface area (Å²) in [6.07, 6.45) is 6.38. The lowest BCUT2D eigenvalue weighted by Gasteiger charge is -2.35. The van der Waals surface area contributed by atoms with Crippen LogP contribution in [0.4, 0.5) is 5.69 Å². The van der Waals surface area contributed by atoms with E-state index in [-0.39, 0.29) is 5.63 Å². The Morgan fingerprint density at radius 1 is 1.12 bits per heavy atom. The van der Waals surface area contributed by atoms with E-state index < -0.39 is 0 Å². The van der Waals surface area contributed by atoms with Gasteiger partial charge in [0, 0.05) is 48.7 Å². The first-order chi connectivity index (χ1) is 16.0. The van der Waals surface area contributed by atoms with Gasteiger partial charge in [-0.2, -0.15) is 0 Å². The number of rotatable bonds is 3. The molecule has 2 atom stereocenters. The Kier molecular flexibility index (Phi) is 4.76. The number of imidazole rings is 1. The van der Waals surface area contributed by atoms with Crippen molar-refractivity contribution in [3.8, 4) is 11.3 Å². The Balaban J connectivity index is 1.35. The maximum Gasteiger partial charge on any atom is 0.345 e. The van der Waals surface area contributed by atoms with E-state index in [2.05, 4.69) is 38.8 Å². The van der Waals surface area contributed by atoms with E-state index in [1.165, 1.54) is 19.4 Å². The summed E-state index contributed by atoms with van der Waals surface area (Å²) in [5.74, 6) is 0.723. The summed E-state index contributed by atoms with van der Waals surface area (Å²) < 4.78 is 7.72. The lowest BCUT2D eigenvalue weighted by Crippen LogP contribution is -2.44. The lowest BCUT2D eigenvalue weighted by atomic mass is 9.92. The molecule has 0 saturated carbocycles. The van der Waals surface area contributed by atoms with Crippen molar-refractivity contribution in [1.82, 2.24) is 19.3 Å². The van der Waals surface area contributed by atoms with Crippen LogP contribution in [0.3, 0.4) is 0 Å². The summed E-state index contributed by atoms with van der Waals surface area (Å²) >= 11 is 0. The Hall–Kier alpha value is -3.19. The van der Waals surface area contributed by atoms with Crippen molar-refractivity contribution in [2.75, 3.05) is 31.1 Å². The number of aryl methyl sites for hydroxylation is 2. The zero-order valence-electron chi connectivity index (χ0n) is 19.4. The van der Waals surface area contributed by atoms with Crippen LogP contribution in [0.25, 0.3) is 27.9 Å². The van der Waals surface area contributed by atoms with Gasteiger partial charge < -0.3 is 13.7 Å². The van der Waals surface area contributed by atoms with Crippen LogP contribution in [0.2, 0.25) is 0 Å². The number of hydrogen-bond acceptors (Lipinski definition) is 6. The molecule has 5 heterocycles. The zero-order chi connectivity index (χ0) is 22.7. The number of fused-ring (bicyclic) bond motifs is 3. The second kappa shape index (κ2) is 7.70. The molecule has 2 fully saturated rings. The Morgan fingerprint density at radius 3 is 2.85 bits per heavy atom. The summed E-state index contributed by atoms with van der Waals surface area (Å²) in [5, 5.41) is 0.906. The first kappa shape index (κ1) is 20.4. The van der Waals surface area contributed by atoms with Gasteiger partial charge in [-0.05, 0) is 63.9 Å². The van der Waals surface area contributed by atoms with Crippen LogP contribution in [0.15, 0.2) is 45.9 Å². The molecule has 1 unspecified atom stereocenters. The van der Waals surface area contributed by atoms with Crippen molar-refractivity contribution >= 4 is 22.3 Å². The fourth-order valence-electron chi connectivity index (χ4n) is 5.79. The van der Waals surface area contributed by atoms with Crippen LogP contribution in [-0.2, 0) is 0 Å². The monoisotopic (exact) mass is 443 g/mol. The van der Waals surface area contributed by atoms with E-state index in [4.69, 9.17) is 4.42 Å². The zero-order valence-corrected chi connectivity index (χ0v) is 19.4. The van der Waals surface area contributed by atoms with Crippen LogP contribution >= 0.6 is 0 Å². The fourth-order valence-corrected chi connectivity index (χ4v) is 5.79. The third kappa shape index (κ3) is 3.42. The second-order valence-corrected chi connectivity index (χ2v) is 9.50. The minimum atomic E-state index is -0.363. The maximum absolute atomic E-state index is 12.9. The highest BCUT2D eigenvalue weighted by molar-refractivity contribution is 5.84. The average molecular weight is 444 g/mol. The third-order valence-corrected chi connectivity index (χ3v) is 7.39. The average Bonchev–Trinajstić information content (AvgIpc) is 3.42. The summed E-state index contributed by atoms with van der Waals surface area (Å²) in [5.41, 5.74) is 4.97. The fraction of sp³-hybridized carbons (Fsp3) is 0.423. The second-order valence-electron chi connectivity index (χ2n) is 9.50. The van der Waals surface area contributed by atoms with Crippen LogP contribution < -0.4 is 10.5 Å². The van der Waals surface area contributed by atoms with E-state index in [0.29, 0.717) is 22.9 Å². The van der Waals surface area contributed by atoms with Gasteiger partial charge in [-0.1, -0.05) is 6.92 Å². The maximum atomic E-state index is 12.9. The van der Waals surface area contributed by atoms with Gasteiger partial charge in [-0.15, -0.1) is 0 Å². The predicted molar refractivity (Wildman–Crippen MR) is 130 cm³/mol. The Labute approximate surface area is 192 Å². The molecule has 2 aliphatic rings. The minimum Gasteiger partial charge on any atom is -0.422 e. The van der Waals surface area contributed by atoms with Gasteiger partial charge >= 0.3 is 5.63 Å². The van der Waals surface area contributed by atoms with Crippen molar-refractivity contribution < 1.29 is 4.42 Å². The topological polar surface area (TPSA) is 66.9 Å². The number of likely N-dealkylation sites (tertiary alicyclic amines) is 1. The van der Waals surface area contributed by atoms with Gasteiger partial charge in [0.1, 0.15) is 5.58 Å². The first-order valence-corrected chi connectivity index (χ1v) is 11.9. The molecule has 1 aromatic carbocycles. The number of hydrogen-bond donors (Lipinski definition) is 0. The molecule has 0 aliphatic carbocycles. The van der Waals surface area contributed by atoms with E-state index in [0.717, 1.165) is 53.7 Å². The number of piperidine rings is 1. The molecular weight excluding hydrogens is 414 g/mol. The highest BCUT2D eigenvalue weighted by Gasteiger charge is 2.38. The number of aromatic nitrogens is 3. The number of benzene rings is 1. The van der Waals surface area contributed by atoms with E-state index >= 15 is 0 Å². The first-order valence-electron chi connectivity index (χ1n) is 11.9. The smallest absolute Gasteiger partial charge is 0.345 e. The van der Waals surface area contributed by atoms with Gasteiger partial charge in [0.2, 0.25) is 0 Å². The van der Waals surface area contributed by atoms with Crippen LogP contribution in [0.1, 0.15) is 31.2 Å². The molecule has 0 amide bonds. The van der Waals surface area contributed by atoms with Crippen LogP contribution in [-0.4, -0.2) is 51.5 Å². The molecule has 6 rings (SSSR count). The largest absolute Gasteiger partial charge is 0.422 e. The molecule has 0 radical (unpaired) electrons. The van der Waals surface area contributed by atoms with Gasteiger partial charge in [0.05, 0.1) is 22.6 Å². The molecule has 0 N–H and O–H groups in total. The van der Waals surface area contributed by atoms with Crippen molar-refractivity contribution in [3.05, 3.63) is 58.5 Å². The van der Waals surface area contributed by atoms with Crippen molar-refractivity contribution in [2.24, 2.45) is 5.92 Å². The number of likely N-dealkylation sites (N-methyl/N-ethyl adjacent to an activating group) is 1. The standard InChI is InChI=1S/C26H29N5O2/c1-4-29-9-5-6-19-13-30(15-23(19)29)20-8-7-18-10-21(26(32)33-24(18)11-20)22-14-31-12-16(2)27-17(3)25(31)28-22/h7-8,10-12,14,19,23H,4-6,9,13,15H2,1-3H3/t19-,23?/m1/s1. The molecule has 4 aromatic rings. The normalized spacial score (nSPS) is 21.2. The molecule has 170 valence electrons. The van der Waals surface area contributed by atoms with Crippen LogP contribution in [0, 0.1) is 19.8 Å². The Morgan fingerprint density at radius 2 is 2.00 bits per heavy atom. The van der Waals surface area contributed by atoms with Gasteiger partial charge in [-0.3, -0.25) is 9.88 Å². The van der Waals surface area contributed by atoms with E-state index in [9.17, 15) is 4.79 Å². The van der Waals surface area contributed by atoms with Gasteiger partial charge in [0.25, 0.3) is 0 Å².